The number of nitrogens with one attached hydrogen (secondary N) is 1. The molecule has 1 aliphatic carbocycles. The Morgan fingerprint density at radius 2 is 1.96 bits per heavy atom. The van der Waals surface area contributed by atoms with Crippen LogP contribution in [0.2, 0.25) is 0 Å². The molecule has 1 N–H and O–H groups in total. The Morgan fingerprint density at radius 3 is 2.77 bits per heavy atom. The molecular weight excluding hydrogens is 331 g/mol. The fraction of sp³-hybridized carbons (Fsp3) is 0.421. The van der Waals surface area contributed by atoms with Crippen LogP contribution in [0.1, 0.15) is 26.2 Å². The number of hydrogen-bond acceptors (Lipinski definition) is 5. The molecule has 6 nitrogen and oxygen atoms in total. The van der Waals surface area contributed by atoms with Gasteiger partial charge in [0.05, 0.1) is 5.56 Å². The van der Waals surface area contributed by atoms with Crippen molar-refractivity contribution in [2.45, 2.75) is 44.3 Å². The van der Waals surface area contributed by atoms with E-state index in [-0.39, 0.29) is 5.82 Å². The lowest BCUT2D eigenvalue weighted by atomic mass is 10.2. The largest absolute Gasteiger partial charge is 0.365 e. The van der Waals surface area contributed by atoms with Crippen LogP contribution >= 0.6 is 0 Å². The highest BCUT2D eigenvalue weighted by Crippen LogP contribution is 2.34. The number of fused-ring (bicyclic) bond motifs is 1. The highest BCUT2D eigenvalue weighted by molar-refractivity contribution is 5.60. The molecule has 2 aromatic heterocycles. The van der Waals surface area contributed by atoms with Crippen LogP contribution in [0.3, 0.4) is 0 Å². The molecule has 3 aromatic rings. The molecule has 0 radical (unpaired) electrons. The minimum atomic E-state index is -0.327. The second-order valence-electron chi connectivity index (χ2n) is 7.35. The fourth-order valence-corrected chi connectivity index (χ4v) is 3.96. The third-order valence-electron chi connectivity index (χ3n) is 5.37. The predicted octanol–water partition coefficient (Wildman–Crippen LogP) is 2.97. The first-order valence-corrected chi connectivity index (χ1v) is 9.18. The molecule has 2 aliphatic rings. The topological polar surface area (TPSA) is 58.4 Å². The van der Waals surface area contributed by atoms with Crippen LogP contribution < -0.4 is 5.32 Å². The van der Waals surface area contributed by atoms with E-state index < -0.39 is 0 Å². The van der Waals surface area contributed by atoms with Crippen molar-refractivity contribution in [2.75, 3.05) is 11.9 Å². The Kier molecular flexibility index (Phi) is 3.63. The molecule has 2 fully saturated rings. The van der Waals surface area contributed by atoms with Crippen molar-refractivity contribution >= 4 is 11.5 Å². The molecule has 2 unspecified atom stereocenters. The van der Waals surface area contributed by atoms with Crippen molar-refractivity contribution in [1.82, 2.24) is 24.7 Å². The molecule has 1 saturated carbocycles. The summed E-state index contributed by atoms with van der Waals surface area (Å²) in [7, 11) is 0. The van der Waals surface area contributed by atoms with Crippen LogP contribution in [0.25, 0.3) is 17.0 Å². The average Bonchev–Trinajstić information content (AvgIpc) is 3.30. The number of nitrogens with zero attached hydrogens (tertiary/aromatic N) is 5. The quantitative estimate of drug-likeness (QED) is 0.782. The van der Waals surface area contributed by atoms with Crippen molar-refractivity contribution in [3.8, 4) is 11.4 Å². The summed E-state index contributed by atoms with van der Waals surface area (Å²) < 4.78 is 15.8. The van der Waals surface area contributed by atoms with E-state index >= 15 is 0 Å². The highest BCUT2D eigenvalue weighted by Gasteiger charge is 2.38. The summed E-state index contributed by atoms with van der Waals surface area (Å²) in [5, 5.41) is 16.4. The average molecular weight is 352 g/mol. The van der Waals surface area contributed by atoms with Gasteiger partial charge in [-0.05, 0) is 50.5 Å². The number of aromatic nitrogens is 4. The second kappa shape index (κ2) is 6.02. The number of hydrogen-bond donors (Lipinski definition) is 1. The maximum Gasteiger partial charge on any atom is 0.188 e. The molecule has 26 heavy (non-hydrogen) atoms. The maximum absolute atomic E-state index is 14.1. The monoisotopic (exact) mass is 352 g/mol. The molecule has 2 atom stereocenters. The first-order chi connectivity index (χ1) is 12.7. The molecule has 0 bridgehead atoms. The zero-order valence-corrected chi connectivity index (χ0v) is 14.6. The van der Waals surface area contributed by atoms with Gasteiger partial charge in [-0.3, -0.25) is 4.90 Å². The fourth-order valence-electron chi connectivity index (χ4n) is 3.96. The van der Waals surface area contributed by atoms with E-state index in [0.717, 1.165) is 24.8 Å². The predicted molar refractivity (Wildman–Crippen MR) is 97.4 cm³/mol. The van der Waals surface area contributed by atoms with E-state index in [1.54, 1.807) is 22.7 Å². The summed E-state index contributed by atoms with van der Waals surface area (Å²) >= 11 is 0. The summed E-state index contributed by atoms with van der Waals surface area (Å²) in [5.74, 6) is 0.859. The molecule has 134 valence electrons. The van der Waals surface area contributed by atoms with Gasteiger partial charge in [0.1, 0.15) is 11.6 Å². The smallest absolute Gasteiger partial charge is 0.188 e. The molecule has 5 rings (SSSR count). The molecular formula is C19H21FN6. The molecule has 0 amide bonds. The van der Waals surface area contributed by atoms with Crippen LogP contribution in [0.15, 0.2) is 36.4 Å². The van der Waals surface area contributed by atoms with Gasteiger partial charge in [-0.25, -0.2) is 4.39 Å². The van der Waals surface area contributed by atoms with E-state index in [4.69, 9.17) is 0 Å². The SMILES string of the molecule is CC1CC(Nc2ccc3nnc(-c4ccccc4F)n3n2)CN1C1CC1. The molecule has 1 aromatic carbocycles. The molecule has 7 heteroatoms. The Bertz CT molecular complexity index is 950. The van der Waals surface area contributed by atoms with E-state index in [1.165, 1.54) is 18.9 Å². The van der Waals surface area contributed by atoms with Crippen LogP contribution in [0, 0.1) is 5.82 Å². The van der Waals surface area contributed by atoms with Crippen molar-refractivity contribution in [3.05, 3.63) is 42.2 Å². The number of anilines is 1. The van der Waals surface area contributed by atoms with Crippen LogP contribution in [-0.2, 0) is 0 Å². The number of rotatable bonds is 4. The number of likely N-dealkylation sites (tertiary alicyclic amines) is 1. The summed E-state index contributed by atoms with van der Waals surface area (Å²) in [6.45, 7) is 3.35. The first-order valence-electron chi connectivity index (χ1n) is 9.18. The van der Waals surface area contributed by atoms with Gasteiger partial charge in [-0.1, -0.05) is 12.1 Å². The normalized spacial score (nSPS) is 23.6. The third kappa shape index (κ3) is 2.72. The molecule has 0 spiro atoms. The summed E-state index contributed by atoms with van der Waals surface area (Å²) in [5.41, 5.74) is 1.01. The van der Waals surface area contributed by atoms with Gasteiger partial charge in [-0.15, -0.1) is 15.3 Å². The Labute approximate surface area is 151 Å². The second-order valence-corrected chi connectivity index (χ2v) is 7.35. The van der Waals surface area contributed by atoms with Crippen LogP contribution in [-0.4, -0.2) is 49.4 Å². The minimum Gasteiger partial charge on any atom is -0.365 e. The lowest BCUT2D eigenvalue weighted by Crippen LogP contribution is -2.31. The van der Waals surface area contributed by atoms with Gasteiger partial charge < -0.3 is 5.32 Å². The Morgan fingerprint density at radius 1 is 1.12 bits per heavy atom. The maximum atomic E-state index is 14.1. The van der Waals surface area contributed by atoms with E-state index in [2.05, 4.69) is 32.4 Å². The van der Waals surface area contributed by atoms with Crippen molar-refractivity contribution < 1.29 is 4.39 Å². The summed E-state index contributed by atoms with van der Waals surface area (Å²) in [6.07, 6.45) is 3.76. The Balaban J connectivity index is 1.43. The van der Waals surface area contributed by atoms with Crippen molar-refractivity contribution in [3.63, 3.8) is 0 Å². The van der Waals surface area contributed by atoms with Gasteiger partial charge in [0, 0.05) is 24.7 Å². The zero-order valence-electron chi connectivity index (χ0n) is 14.6. The summed E-state index contributed by atoms with van der Waals surface area (Å²) in [6, 6.07) is 12.1. The van der Waals surface area contributed by atoms with Crippen molar-refractivity contribution in [1.29, 1.82) is 0 Å². The van der Waals surface area contributed by atoms with Gasteiger partial charge in [0.2, 0.25) is 0 Å². The lowest BCUT2D eigenvalue weighted by molar-refractivity contribution is 0.257. The van der Waals surface area contributed by atoms with Crippen LogP contribution in [0.4, 0.5) is 10.2 Å². The summed E-state index contributed by atoms with van der Waals surface area (Å²) in [4.78, 5) is 2.60. The molecule has 1 saturated heterocycles. The zero-order chi connectivity index (χ0) is 17.7. The van der Waals surface area contributed by atoms with Gasteiger partial charge in [-0.2, -0.15) is 4.52 Å². The Hall–Kier alpha value is -2.54. The van der Waals surface area contributed by atoms with Gasteiger partial charge in [0.25, 0.3) is 0 Å². The number of benzene rings is 1. The highest BCUT2D eigenvalue weighted by atomic mass is 19.1. The molecule has 1 aliphatic heterocycles. The van der Waals surface area contributed by atoms with Crippen LogP contribution in [0.5, 0.6) is 0 Å². The van der Waals surface area contributed by atoms with Crippen molar-refractivity contribution in [2.24, 2.45) is 0 Å². The lowest BCUT2D eigenvalue weighted by Gasteiger charge is -2.19. The number of halogens is 1. The van der Waals surface area contributed by atoms with E-state index in [0.29, 0.717) is 29.1 Å². The standard InChI is InChI=1S/C19H21FN6/c1-12-10-13(11-25(12)14-6-7-14)21-17-8-9-18-22-23-19(26(18)24-17)15-4-2-3-5-16(15)20/h2-5,8-9,12-14H,6-7,10-11H2,1H3,(H,21,24). The minimum absolute atomic E-state index is 0.327. The first kappa shape index (κ1) is 15.7. The van der Waals surface area contributed by atoms with Gasteiger partial charge >= 0.3 is 0 Å². The third-order valence-corrected chi connectivity index (χ3v) is 5.37. The van der Waals surface area contributed by atoms with E-state index in [9.17, 15) is 4.39 Å². The van der Waals surface area contributed by atoms with E-state index in [1.807, 2.05) is 12.1 Å². The molecule has 3 heterocycles. The van der Waals surface area contributed by atoms with Gasteiger partial charge in [0.15, 0.2) is 11.5 Å².